The number of benzene rings is 1. The number of nitrogens with one attached hydrogen (secondary N) is 2. The summed E-state index contributed by atoms with van der Waals surface area (Å²) in [5.41, 5.74) is 1.48. The van der Waals surface area contributed by atoms with Crippen molar-refractivity contribution in [1.82, 2.24) is 25.3 Å². The zero-order chi connectivity index (χ0) is 28.1. The molecule has 3 amide bonds. The van der Waals surface area contributed by atoms with Gasteiger partial charge in [0.2, 0.25) is 5.91 Å². The molecule has 1 saturated heterocycles. The highest BCUT2D eigenvalue weighted by Crippen LogP contribution is 2.37. The van der Waals surface area contributed by atoms with Crippen molar-refractivity contribution in [3.8, 4) is 11.1 Å². The second-order valence-corrected chi connectivity index (χ2v) is 11.9. The van der Waals surface area contributed by atoms with Gasteiger partial charge in [-0.25, -0.2) is 9.59 Å². The average molecular weight is 528 g/mol. The Morgan fingerprint density at radius 2 is 1.63 bits per heavy atom. The van der Waals surface area contributed by atoms with Gasteiger partial charge in [0.25, 0.3) is 0 Å². The Morgan fingerprint density at radius 3 is 2.21 bits per heavy atom. The van der Waals surface area contributed by atoms with Crippen molar-refractivity contribution in [2.75, 3.05) is 26.2 Å². The Bertz CT molecular complexity index is 1140. The van der Waals surface area contributed by atoms with Crippen LogP contribution in [0.1, 0.15) is 59.9 Å². The number of ether oxygens (including phenoxy) is 2. The molecule has 0 bridgehead atoms. The summed E-state index contributed by atoms with van der Waals surface area (Å²) in [5, 5.41) is 9.78. The Balaban J connectivity index is 1.75. The number of rotatable bonds is 6. The quantitative estimate of drug-likeness (QED) is 0.587. The maximum atomic E-state index is 12.7. The highest BCUT2D eigenvalue weighted by Gasteiger charge is 2.39. The van der Waals surface area contributed by atoms with Gasteiger partial charge >= 0.3 is 12.2 Å². The van der Waals surface area contributed by atoms with Crippen LogP contribution in [0.2, 0.25) is 0 Å². The van der Waals surface area contributed by atoms with Crippen LogP contribution in [0.4, 0.5) is 9.59 Å². The summed E-state index contributed by atoms with van der Waals surface area (Å²) in [6.45, 7) is 12.0. The van der Waals surface area contributed by atoms with Crippen molar-refractivity contribution in [2.45, 2.75) is 71.0 Å². The first-order valence-corrected chi connectivity index (χ1v) is 13.0. The number of hydrogen-bond acceptors (Lipinski definition) is 6. The van der Waals surface area contributed by atoms with Crippen LogP contribution in [0.5, 0.6) is 0 Å². The number of carbonyl (C=O) groups excluding carboxylic acids is 3. The number of aryl methyl sites for hydroxylation is 1. The normalized spacial score (nSPS) is 15.5. The Morgan fingerprint density at radius 1 is 0.974 bits per heavy atom. The van der Waals surface area contributed by atoms with Crippen molar-refractivity contribution < 1.29 is 23.9 Å². The molecule has 3 rings (SSSR count). The van der Waals surface area contributed by atoms with E-state index < -0.39 is 22.7 Å². The summed E-state index contributed by atoms with van der Waals surface area (Å²) in [4.78, 5) is 39.0. The third kappa shape index (κ3) is 8.22. The number of nitrogens with zero attached hydrogens (tertiary/aromatic N) is 3. The van der Waals surface area contributed by atoms with Gasteiger partial charge in [0, 0.05) is 43.9 Å². The molecule has 208 valence electrons. The predicted octanol–water partition coefficient (Wildman–Crippen LogP) is 4.00. The van der Waals surface area contributed by atoms with Gasteiger partial charge in [-0.15, -0.1) is 0 Å². The molecule has 0 spiro atoms. The van der Waals surface area contributed by atoms with Crippen molar-refractivity contribution >= 4 is 18.1 Å². The Labute approximate surface area is 225 Å². The fourth-order valence-electron chi connectivity index (χ4n) is 4.41. The maximum absolute atomic E-state index is 12.7. The summed E-state index contributed by atoms with van der Waals surface area (Å²) in [6, 6.07) is 8.23. The topological polar surface area (TPSA) is 115 Å². The molecule has 1 aromatic heterocycles. The second kappa shape index (κ2) is 11.4. The number of alkyl carbamates (subject to hydrolysis) is 1. The Hall–Kier alpha value is -3.56. The van der Waals surface area contributed by atoms with Gasteiger partial charge < -0.3 is 25.0 Å². The summed E-state index contributed by atoms with van der Waals surface area (Å²) >= 11 is 0. The third-order valence-corrected chi connectivity index (χ3v) is 6.30. The zero-order valence-electron chi connectivity index (χ0n) is 23.6. The van der Waals surface area contributed by atoms with E-state index in [0.29, 0.717) is 32.5 Å². The van der Waals surface area contributed by atoms with Gasteiger partial charge in [-0.3, -0.25) is 9.48 Å². The number of aromatic nitrogens is 2. The third-order valence-electron chi connectivity index (χ3n) is 6.30. The van der Waals surface area contributed by atoms with Gasteiger partial charge in [-0.2, -0.15) is 5.10 Å². The monoisotopic (exact) mass is 527 g/mol. The molecule has 10 nitrogen and oxygen atoms in total. The first-order chi connectivity index (χ1) is 17.7. The molecule has 38 heavy (non-hydrogen) atoms. The molecule has 1 fully saturated rings. The first kappa shape index (κ1) is 29.0. The molecule has 0 saturated carbocycles. The van der Waals surface area contributed by atoms with Gasteiger partial charge in [-0.05, 0) is 65.5 Å². The summed E-state index contributed by atoms with van der Waals surface area (Å²) in [6.07, 6.45) is 4.09. The largest absolute Gasteiger partial charge is 0.444 e. The van der Waals surface area contributed by atoms with Crippen LogP contribution < -0.4 is 10.6 Å². The van der Waals surface area contributed by atoms with E-state index >= 15 is 0 Å². The number of carbonyl (C=O) groups is 3. The minimum absolute atomic E-state index is 0.190. The molecule has 10 heteroatoms. The van der Waals surface area contributed by atoms with Gasteiger partial charge in [0.1, 0.15) is 11.2 Å². The number of likely N-dealkylation sites (tertiary alicyclic amines) is 1. The van der Waals surface area contributed by atoms with Crippen LogP contribution in [-0.2, 0) is 26.7 Å². The summed E-state index contributed by atoms with van der Waals surface area (Å²) in [5.74, 6) is -0.312. The minimum Gasteiger partial charge on any atom is -0.444 e. The predicted molar refractivity (Wildman–Crippen MR) is 145 cm³/mol. The van der Waals surface area contributed by atoms with Crippen molar-refractivity contribution in [2.24, 2.45) is 7.05 Å². The maximum Gasteiger partial charge on any atom is 0.410 e. The second-order valence-electron chi connectivity index (χ2n) is 11.9. The lowest BCUT2D eigenvalue weighted by Crippen LogP contribution is -2.52. The van der Waals surface area contributed by atoms with Crippen LogP contribution in [0.25, 0.3) is 11.1 Å². The molecule has 0 atom stereocenters. The molecule has 2 aromatic rings. The fourth-order valence-corrected chi connectivity index (χ4v) is 4.41. The molecular formula is C28H41N5O5. The highest BCUT2D eigenvalue weighted by atomic mass is 16.6. The van der Waals surface area contributed by atoms with Gasteiger partial charge in [-0.1, -0.05) is 24.3 Å². The van der Waals surface area contributed by atoms with Crippen molar-refractivity contribution in [3.63, 3.8) is 0 Å². The zero-order valence-corrected chi connectivity index (χ0v) is 23.6. The van der Waals surface area contributed by atoms with E-state index in [-0.39, 0.29) is 18.5 Å². The number of amides is 3. The SMILES string of the molecule is Cn1cc(-c2cccc(C3(CNC(=O)CNC(=O)OC(C)(C)C)CCN(C(=O)OC(C)(C)C)CC3)c2)cn1. The Kier molecular flexibility index (Phi) is 8.74. The van der Waals surface area contributed by atoms with Gasteiger partial charge in [0.15, 0.2) is 0 Å². The highest BCUT2D eigenvalue weighted by molar-refractivity contribution is 5.82. The summed E-state index contributed by atoms with van der Waals surface area (Å²) < 4.78 is 12.5. The number of hydrogen-bond donors (Lipinski definition) is 2. The van der Waals surface area contributed by atoms with E-state index in [4.69, 9.17) is 9.47 Å². The average Bonchev–Trinajstić information content (AvgIpc) is 3.26. The smallest absolute Gasteiger partial charge is 0.410 e. The van der Waals surface area contributed by atoms with Crippen molar-refractivity contribution in [3.05, 3.63) is 42.2 Å². The van der Waals surface area contributed by atoms with E-state index in [9.17, 15) is 14.4 Å². The molecule has 1 aliphatic rings. The van der Waals surface area contributed by atoms with Gasteiger partial charge in [0.05, 0.1) is 12.7 Å². The number of piperidine rings is 1. The van der Waals surface area contributed by atoms with E-state index in [1.54, 1.807) is 30.4 Å². The standard InChI is InChI=1S/C28H41N5O5/c1-26(2,3)37-24(35)29-17-23(34)30-19-28(11-13-33(14-12-28)25(36)38-27(4,5)6)22-10-8-9-20(15-22)21-16-31-32(7)18-21/h8-10,15-16,18H,11-14,17,19H2,1-7H3,(H,29,35)(H,30,34). The summed E-state index contributed by atoms with van der Waals surface area (Å²) in [7, 11) is 1.88. The fraction of sp³-hybridized carbons (Fsp3) is 0.571. The molecule has 0 radical (unpaired) electrons. The van der Waals surface area contributed by atoms with Crippen LogP contribution in [0.15, 0.2) is 36.7 Å². The molecule has 2 heterocycles. The molecule has 2 N–H and O–H groups in total. The molecule has 1 aliphatic heterocycles. The molecule has 0 aliphatic carbocycles. The van der Waals surface area contributed by atoms with Crippen LogP contribution in [0.3, 0.4) is 0 Å². The van der Waals surface area contributed by atoms with E-state index in [2.05, 4.69) is 27.9 Å². The lowest BCUT2D eigenvalue weighted by molar-refractivity contribution is -0.120. The first-order valence-electron chi connectivity index (χ1n) is 13.0. The van der Waals surface area contributed by atoms with Crippen LogP contribution in [-0.4, -0.2) is 70.2 Å². The van der Waals surface area contributed by atoms with E-state index in [1.165, 1.54) is 0 Å². The molecular weight excluding hydrogens is 486 g/mol. The molecule has 1 aromatic carbocycles. The minimum atomic E-state index is -0.647. The lowest BCUT2D eigenvalue weighted by atomic mass is 9.72. The van der Waals surface area contributed by atoms with Crippen LogP contribution in [0, 0.1) is 0 Å². The lowest BCUT2D eigenvalue weighted by Gasteiger charge is -2.42. The van der Waals surface area contributed by atoms with E-state index in [0.717, 1.165) is 16.7 Å². The van der Waals surface area contributed by atoms with Crippen LogP contribution >= 0.6 is 0 Å². The van der Waals surface area contributed by atoms with Crippen molar-refractivity contribution in [1.29, 1.82) is 0 Å². The molecule has 0 unspecified atom stereocenters. The van der Waals surface area contributed by atoms with E-state index in [1.807, 2.05) is 52.3 Å².